The van der Waals surface area contributed by atoms with Crippen molar-refractivity contribution in [2.75, 3.05) is 11.9 Å². The molecule has 2 aromatic rings. The van der Waals surface area contributed by atoms with E-state index in [4.69, 9.17) is 4.74 Å². The summed E-state index contributed by atoms with van der Waals surface area (Å²) in [4.78, 5) is 35.3. The fraction of sp³-hybridized carbons (Fsp3) is 0.167. The van der Waals surface area contributed by atoms with Crippen LogP contribution in [0.5, 0.6) is 0 Å². The Kier molecular flexibility index (Phi) is 6.26. The van der Waals surface area contributed by atoms with Gasteiger partial charge in [-0.1, -0.05) is 28.9 Å². The number of anilines is 1. The molecule has 0 unspecified atom stereocenters. The smallest absolute Gasteiger partial charge is 0.338 e. The monoisotopic (exact) mass is 389 g/mol. The van der Waals surface area contributed by atoms with Crippen molar-refractivity contribution in [3.63, 3.8) is 0 Å². The van der Waals surface area contributed by atoms with Crippen molar-refractivity contribution in [1.82, 2.24) is 0 Å². The molecule has 0 aromatic heterocycles. The summed E-state index contributed by atoms with van der Waals surface area (Å²) in [6.45, 7) is 1.42. The van der Waals surface area contributed by atoms with Crippen molar-refractivity contribution in [2.24, 2.45) is 0 Å². The van der Waals surface area contributed by atoms with E-state index in [2.05, 4.69) is 21.2 Å². The van der Waals surface area contributed by atoms with Crippen LogP contribution >= 0.6 is 15.9 Å². The summed E-state index contributed by atoms with van der Waals surface area (Å²) in [5.41, 5.74) is 1.39. The quantitative estimate of drug-likeness (QED) is 0.601. The van der Waals surface area contributed by atoms with Crippen LogP contribution in [0.3, 0.4) is 0 Å². The van der Waals surface area contributed by atoms with E-state index in [9.17, 15) is 14.4 Å². The van der Waals surface area contributed by atoms with Gasteiger partial charge in [0.1, 0.15) is 0 Å². The zero-order valence-corrected chi connectivity index (χ0v) is 14.6. The number of carbonyl (C=O) groups excluding carboxylic acids is 3. The van der Waals surface area contributed by atoms with Gasteiger partial charge in [-0.15, -0.1) is 0 Å². The van der Waals surface area contributed by atoms with Gasteiger partial charge in [0.2, 0.25) is 5.91 Å². The average Bonchev–Trinajstić information content (AvgIpc) is 2.59. The van der Waals surface area contributed by atoms with Gasteiger partial charge in [-0.3, -0.25) is 9.59 Å². The number of amides is 1. The fourth-order valence-electron chi connectivity index (χ4n) is 1.90. The molecule has 0 saturated heterocycles. The first-order chi connectivity index (χ1) is 11.5. The maximum absolute atomic E-state index is 12.1. The van der Waals surface area contributed by atoms with Crippen LogP contribution in [0.1, 0.15) is 34.1 Å². The zero-order chi connectivity index (χ0) is 17.5. The van der Waals surface area contributed by atoms with E-state index in [1.807, 2.05) is 0 Å². The lowest BCUT2D eigenvalue weighted by Crippen LogP contribution is -2.14. The van der Waals surface area contributed by atoms with E-state index in [0.717, 1.165) is 4.47 Å². The number of Topliss-reactive ketones (excluding diaryl/α,β-unsaturated/α-hetero) is 1. The zero-order valence-electron chi connectivity index (χ0n) is 13.0. The number of benzene rings is 2. The van der Waals surface area contributed by atoms with Gasteiger partial charge < -0.3 is 10.1 Å². The Bertz CT molecular complexity index is 756. The second-order valence-corrected chi connectivity index (χ2v) is 5.90. The third kappa shape index (κ3) is 5.03. The first kappa shape index (κ1) is 17.9. The number of nitrogens with one attached hydrogen (secondary N) is 1. The summed E-state index contributed by atoms with van der Waals surface area (Å²) in [7, 11) is 0. The molecule has 1 amide bonds. The molecule has 0 saturated carbocycles. The highest BCUT2D eigenvalue weighted by Gasteiger charge is 2.12. The number of rotatable bonds is 6. The van der Waals surface area contributed by atoms with E-state index in [-0.39, 0.29) is 18.3 Å². The van der Waals surface area contributed by atoms with Crippen molar-refractivity contribution in [1.29, 1.82) is 0 Å². The Morgan fingerprint density at radius 1 is 1.04 bits per heavy atom. The van der Waals surface area contributed by atoms with Crippen molar-refractivity contribution >= 4 is 39.3 Å². The summed E-state index contributed by atoms with van der Waals surface area (Å²) >= 11 is 3.27. The molecular weight excluding hydrogens is 374 g/mol. The summed E-state index contributed by atoms with van der Waals surface area (Å²) in [5, 5.41) is 2.69. The Morgan fingerprint density at radius 2 is 1.75 bits per heavy atom. The molecule has 5 nitrogen and oxygen atoms in total. The van der Waals surface area contributed by atoms with Gasteiger partial charge in [0.15, 0.2) is 12.4 Å². The summed E-state index contributed by atoms with van der Waals surface area (Å²) < 4.78 is 5.79. The van der Waals surface area contributed by atoms with Crippen LogP contribution in [-0.2, 0) is 9.53 Å². The molecule has 0 aliphatic heterocycles. The third-order valence-electron chi connectivity index (χ3n) is 3.21. The third-order valence-corrected chi connectivity index (χ3v) is 3.70. The molecule has 0 radical (unpaired) electrons. The standard InChI is InChI=1S/C18H16BrNO4/c1-2-17(22)20-15-8-6-12(7-9-15)16(21)11-24-18(23)13-4-3-5-14(19)10-13/h3-10H,2,11H2,1H3,(H,20,22). The predicted molar refractivity (Wildman–Crippen MR) is 94.1 cm³/mol. The van der Waals surface area contributed by atoms with Gasteiger partial charge in [-0.05, 0) is 42.5 Å². The molecule has 1 N–H and O–H groups in total. The molecule has 0 bridgehead atoms. The van der Waals surface area contributed by atoms with Crippen LogP contribution in [-0.4, -0.2) is 24.3 Å². The average molecular weight is 390 g/mol. The maximum Gasteiger partial charge on any atom is 0.338 e. The van der Waals surface area contributed by atoms with Gasteiger partial charge in [0, 0.05) is 22.1 Å². The van der Waals surface area contributed by atoms with E-state index >= 15 is 0 Å². The molecule has 0 atom stereocenters. The Labute approximate surface area is 148 Å². The SMILES string of the molecule is CCC(=O)Nc1ccc(C(=O)COC(=O)c2cccc(Br)c2)cc1. The normalized spacial score (nSPS) is 10.1. The van der Waals surface area contributed by atoms with E-state index in [1.54, 1.807) is 55.5 Å². The van der Waals surface area contributed by atoms with Gasteiger partial charge >= 0.3 is 5.97 Å². The molecule has 124 valence electrons. The maximum atomic E-state index is 12.1. The number of hydrogen-bond donors (Lipinski definition) is 1. The summed E-state index contributed by atoms with van der Waals surface area (Å²) in [6, 6.07) is 13.2. The van der Waals surface area contributed by atoms with E-state index in [1.165, 1.54) is 0 Å². The lowest BCUT2D eigenvalue weighted by Gasteiger charge is -2.06. The number of carbonyl (C=O) groups is 3. The van der Waals surface area contributed by atoms with Crippen LogP contribution < -0.4 is 5.32 Å². The molecule has 0 aliphatic carbocycles. The van der Waals surface area contributed by atoms with Crippen LogP contribution in [0.2, 0.25) is 0 Å². The minimum atomic E-state index is -0.559. The molecule has 24 heavy (non-hydrogen) atoms. The largest absolute Gasteiger partial charge is 0.454 e. The van der Waals surface area contributed by atoms with Gasteiger partial charge in [0.05, 0.1) is 5.56 Å². The molecule has 0 aliphatic rings. The predicted octanol–water partition coefficient (Wildman–Crippen LogP) is 3.84. The number of ketones is 1. The molecular formula is C18H16BrNO4. The topological polar surface area (TPSA) is 72.5 Å². The number of halogens is 1. The molecule has 0 fully saturated rings. The number of hydrogen-bond acceptors (Lipinski definition) is 4. The first-order valence-corrected chi connectivity index (χ1v) is 8.14. The molecule has 6 heteroatoms. The van der Waals surface area contributed by atoms with Crippen LogP contribution in [0.25, 0.3) is 0 Å². The van der Waals surface area contributed by atoms with Crippen LogP contribution in [0.15, 0.2) is 53.0 Å². The molecule has 0 spiro atoms. The van der Waals surface area contributed by atoms with Crippen molar-refractivity contribution in [3.05, 3.63) is 64.1 Å². The van der Waals surface area contributed by atoms with Crippen LogP contribution in [0.4, 0.5) is 5.69 Å². The number of esters is 1. The van der Waals surface area contributed by atoms with Crippen molar-refractivity contribution < 1.29 is 19.1 Å². The lowest BCUT2D eigenvalue weighted by molar-refractivity contribution is -0.115. The number of ether oxygens (including phenoxy) is 1. The Morgan fingerprint density at radius 3 is 2.38 bits per heavy atom. The molecule has 0 heterocycles. The van der Waals surface area contributed by atoms with E-state index < -0.39 is 5.97 Å². The summed E-state index contributed by atoms with van der Waals surface area (Å²) in [5.74, 6) is -0.972. The highest BCUT2D eigenvalue weighted by Crippen LogP contribution is 2.13. The van der Waals surface area contributed by atoms with E-state index in [0.29, 0.717) is 23.2 Å². The van der Waals surface area contributed by atoms with Gasteiger partial charge in [0.25, 0.3) is 0 Å². The fourth-order valence-corrected chi connectivity index (χ4v) is 2.30. The second kappa shape index (κ2) is 8.40. The van der Waals surface area contributed by atoms with Crippen molar-refractivity contribution in [3.8, 4) is 0 Å². The van der Waals surface area contributed by atoms with Gasteiger partial charge in [-0.2, -0.15) is 0 Å². The first-order valence-electron chi connectivity index (χ1n) is 7.35. The minimum Gasteiger partial charge on any atom is -0.454 e. The Hall–Kier alpha value is -2.47. The van der Waals surface area contributed by atoms with Crippen molar-refractivity contribution in [2.45, 2.75) is 13.3 Å². The summed E-state index contributed by atoms with van der Waals surface area (Å²) in [6.07, 6.45) is 0.381. The van der Waals surface area contributed by atoms with Crippen LogP contribution in [0, 0.1) is 0 Å². The Balaban J connectivity index is 1.92. The van der Waals surface area contributed by atoms with Gasteiger partial charge in [-0.25, -0.2) is 4.79 Å². The highest BCUT2D eigenvalue weighted by molar-refractivity contribution is 9.10. The lowest BCUT2D eigenvalue weighted by atomic mass is 10.1. The highest BCUT2D eigenvalue weighted by atomic mass is 79.9. The molecule has 2 aromatic carbocycles. The molecule has 2 rings (SSSR count). The minimum absolute atomic E-state index is 0.1000. The second-order valence-electron chi connectivity index (χ2n) is 4.99.